The van der Waals surface area contributed by atoms with Crippen molar-refractivity contribution in [3.63, 3.8) is 0 Å². The van der Waals surface area contributed by atoms with Gasteiger partial charge in [-0.3, -0.25) is 9.59 Å². The summed E-state index contributed by atoms with van der Waals surface area (Å²) in [4.78, 5) is 40.3. The zero-order valence-electron chi connectivity index (χ0n) is 21.3. The fraction of sp³-hybridized carbons (Fsp3) is 0.444. The summed E-state index contributed by atoms with van der Waals surface area (Å²) < 4.78 is 28.2. The molecule has 1 aliphatic carbocycles. The molecular weight excluding hydrogens is 506 g/mol. The normalized spacial score (nSPS) is 19.9. The summed E-state index contributed by atoms with van der Waals surface area (Å²) in [5, 5.41) is 5.50. The van der Waals surface area contributed by atoms with E-state index in [9.17, 15) is 22.8 Å². The highest BCUT2D eigenvalue weighted by Gasteiger charge is 2.42. The average molecular weight is 542 g/mol. The van der Waals surface area contributed by atoms with Crippen LogP contribution in [-0.4, -0.2) is 67.2 Å². The Morgan fingerprint density at radius 3 is 2.18 bits per heavy atom. The maximum Gasteiger partial charge on any atom is 0.321 e. The maximum absolute atomic E-state index is 13.6. The summed E-state index contributed by atoms with van der Waals surface area (Å²) in [6.07, 6.45) is 5.63. The number of rotatable bonds is 8. The van der Waals surface area contributed by atoms with Crippen molar-refractivity contribution in [2.75, 3.05) is 25.0 Å². The topological polar surface area (TPSA) is 142 Å². The number of primary amides is 1. The Morgan fingerprint density at radius 1 is 0.921 bits per heavy atom. The monoisotopic (exact) mass is 541 g/mol. The van der Waals surface area contributed by atoms with Crippen LogP contribution in [0.2, 0.25) is 0 Å². The van der Waals surface area contributed by atoms with Gasteiger partial charge in [-0.25, -0.2) is 13.2 Å². The molecule has 204 valence electrons. The minimum Gasteiger partial charge on any atom is -0.368 e. The molecule has 4 amide bonds. The molecule has 10 nitrogen and oxygen atoms in total. The number of nitrogens with zero attached hydrogens (tertiary/aromatic N) is 2. The molecule has 2 aromatic carbocycles. The fourth-order valence-electron chi connectivity index (χ4n) is 5.17. The zero-order valence-corrected chi connectivity index (χ0v) is 22.1. The van der Waals surface area contributed by atoms with Crippen molar-refractivity contribution in [2.45, 2.75) is 55.5 Å². The number of piperazine rings is 1. The Labute approximate surface area is 223 Å². The lowest BCUT2D eigenvalue weighted by molar-refractivity contribution is -0.131. The first-order valence-electron chi connectivity index (χ1n) is 13.0. The minimum atomic E-state index is -4.05. The van der Waals surface area contributed by atoms with Gasteiger partial charge < -0.3 is 21.3 Å². The average Bonchev–Trinajstić information content (AvgIpc) is 2.93. The molecule has 0 radical (unpaired) electrons. The number of benzene rings is 2. The summed E-state index contributed by atoms with van der Waals surface area (Å²) in [5.74, 6) is -1.04. The molecule has 2 atom stereocenters. The first kappa shape index (κ1) is 27.6. The summed E-state index contributed by atoms with van der Waals surface area (Å²) in [6.45, 7) is -0.164. The van der Waals surface area contributed by atoms with Gasteiger partial charge in [-0.15, -0.1) is 0 Å². The molecule has 2 aromatic rings. The van der Waals surface area contributed by atoms with Crippen LogP contribution in [0.3, 0.4) is 0 Å². The van der Waals surface area contributed by atoms with Crippen molar-refractivity contribution in [3.8, 4) is 0 Å². The molecule has 0 unspecified atom stereocenters. The number of nitrogens with one attached hydrogen (secondary N) is 2. The van der Waals surface area contributed by atoms with E-state index in [1.807, 2.05) is 6.07 Å². The smallest absolute Gasteiger partial charge is 0.321 e. The molecule has 0 bridgehead atoms. The van der Waals surface area contributed by atoms with Crippen LogP contribution >= 0.6 is 0 Å². The Hall–Kier alpha value is -3.44. The molecule has 38 heavy (non-hydrogen) atoms. The van der Waals surface area contributed by atoms with E-state index in [-0.39, 0.29) is 30.4 Å². The first-order chi connectivity index (χ1) is 18.3. The summed E-state index contributed by atoms with van der Waals surface area (Å²) in [5.41, 5.74) is 6.23. The predicted octanol–water partition coefficient (Wildman–Crippen LogP) is 2.53. The highest BCUT2D eigenvalue weighted by Crippen LogP contribution is 2.28. The van der Waals surface area contributed by atoms with Gasteiger partial charge in [-0.2, -0.15) is 4.31 Å². The number of urea groups is 1. The van der Waals surface area contributed by atoms with Gasteiger partial charge in [0, 0.05) is 25.3 Å². The van der Waals surface area contributed by atoms with Gasteiger partial charge in [0.15, 0.2) is 0 Å². The van der Waals surface area contributed by atoms with Gasteiger partial charge in [-0.1, -0.05) is 68.5 Å². The number of para-hydroxylation sites is 1. The van der Waals surface area contributed by atoms with Crippen LogP contribution in [0.15, 0.2) is 65.6 Å². The largest absolute Gasteiger partial charge is 0.368 e. The van der Waals surface area contributed by atoms with Crippen LogP contribution in [0.1, 0.15) is 38.5 Å². The van der Waals surface area contributed by atoms with E-state index < -0.39 is 40.0 Å². The molecule has 4 N–H and O–H groups in total. The Kier molecular flexibility index (Phi) is 9.01. The third kappa shape index (κ3) is 6.70. The molecule has 1 saturated carbocycles. The summed E-state index contributed by atoms with van der Waals surface area (Å²) >= 11 is 0. The van der Waals surface area contributed by atoms with E-state index in [2.05, 4.69) is 10.6 Å². The quantitative estimate of drug-likeness (QED) is 0.471. The van der Waals surface area contributed by atoms with Gasteiger partial charge in [-0.05, 0) is 36.6 Å². The van der Waals surface area contributed by atoms with Crippen LogP contribution < -0.4 is 16.4 Å². The van der Waals surface area contributed by atoms with E-state index >= 15 is 0 Å². The molecule has 2 fully saturated rings. The van der Waals surface area contributed by atoms with E-state index in [1.54, 1.807) is 42.5 Å². The lowest BCUT2D eigenvalue weighted by Gasteiger charge is -2.40. The van der Waals surface area contributed by atoms with E-state index in [4.69, 9.17) is 5.73 Å². The van der Waals surface area contributed by atoms with E-state index in [0.717, 1.165) is 36.4 Å². The molecular formula is C27H35N5O5S. The first-order valence-corrected chi connectivity index (χ1v) is 14.5. The highest BCUT2D eigenvalue weighted by molar-refractivity contribution is 7.89. The number of anilines is 1. The van der Waals surface area contributed by atoms with Crippen molar-refractivity contribution < 1.29 is 22.8 Å². The van der Waals surface area contributed by atoms with Crippen LogP contribution in [-0.2, 0) is 19.6 Å². The molecule has 2 aliphatic rings. The number of hydrogen-bond donors (Lipinski definition) is 3. The molecule has 1 saturated heterocycles. The highest BCUT2D eigenvalue weighted by atomic mass is 32.2. The number of nitrogens with two attached hydrogens (primary N) is 1. The Morgan fingerprint density at radius 2 is 1.55 bits per heavy atom. The van der Waals surface area contributed by atoms with Crippen LogP contribution in [0.4, 0.5) is 10.5 Å². The molecule has 0 aromatic heterocycles. The Balaban J connectivity index is 1.55. The fourth-order valence-corrected chi connectivity index (χ4v) is 6.77. The minimum absolute atomic E-state index is 0.0497. The van der Waals surface area contributed by atoms with Crippen LogP contribution in [0.5, 0.6) is 0 Å². The Bertz CT molecular complexity index is 1220. The summed E-state index contributed by atoms with van der Waals surface area (Å²) in [7, 11) is -4.05. The predicted molar refractivity (Wildman–Crippen MR) is 143 cm³/mol. The van der Waals surface area contributed by atoms with Crippen LogP contribution in [0, 0.1) is 5.92 Å². The maximum atomic E-state index is 13.6. The van der Waals surface area contributed by atoms with Crippen molar-refractivity contribution in [1.82, 2.24) is 14.5 Å². The lowest BCUT2D eigenvalue weighted by atomic mass is 9.84. The third-order valence-corrected chi connectivity index (χ3v) is 9.17. The number of sulfonamides is 1. The van der Waals surface area contributed by atoms with Gasteiger partial charge in [0.1, 0.15) is 12.1 Å². The second kappa shape index (κ2) is 12.4. The SMILES string of the molecule is NC(=O)[C@H](CC1CCCCC1)NC(=O)[C@@H]1CN(C(=O)Nc2ccccc2)CCN1S(=O)(=O)c1ccccc1. The van der Waals surface area contributed by atoms with E-state index in [1.165, 1.54) is 17.0 Å². The molecule has 1 aliphatic heterocycles. The van der Waals surface area contributed by atoms with Crippen molar-refractivity contribution in [3.05, 3.63) is 60.7 Å². The number of carbonyl (C=O) groups is 3. The van der Waals surface area contributed by atoms with Gasteiger partial charge in [0.25, 0.3) is 0 Å². The zero-order chi connectivity index (χ0) is 27.1. The van der Waals surface area contributed by atoms with Gasteiger partial charge in [0.05, 0.1) is 4.90 Å². The molecule has 0 spiro atoms. The third-order valence-electron chi connectivity index (χ3n) is 7.25. The molecule has 4 rings (SSSR count). The number of carbonyl (C=O) groups excluding carboxylic acids is 3. The van der Waals surface area contributed by atoms with E-state index in [0.29, 0.717) is 12.1 Å². The van der Waals surface area contributed by atoms with Crippen molar-refractivity contribution in [1.29, 1.82) is 0 Å². The number of amides is 4. The number of hydrogen-bond acceptors (Lipinski definition) is 5. The van der Waals surface area contributed by atoms with Crippen molar-refractivity contribution in [2.24, 2.45) is 11.7 Å². The molecule has 11 heteroatoms. The van der Waals surface area contributed by atoms with Crippen LogP contribution in [0.25, 0.3) is 0 Å². The van der Waals surface area contributed by atoms with Gasteiger partial charge in [0.2, 0.25) is 21.8 Å². The summed E-state index contributed by atoms with van der Waals surface area (Å²) in [6, 6.07) is 14.1. The standard InChI is InChI=1S/C27H35N5O5S/c28-25(33)23(18-20-10-4-1-5-11-20)30-26(34)24-19-31(27(35)29-21-12-6-2-7-13-21)16-17-32(24)38(36,37)22-14-8-3-9-15-22/h2-3,6-9,12-15,20,23-24H,1,4-5,10-11,16-19H2,(H2,28,33)(H,29,35)(H,30,34)/t23-,24-/m0/s1. The molecule has 1 heterocycles. The second-order valence-corrected chi connectivity index (χ2v) is 11.8. The van der Waals surface area contributed by atoms with Crippen molar-refractivity contribution >= 4 is 33.6 Å². The second-order valence-electron chi connectivity index (χ2n) is 9.89. The lowest BCUT2D eigenvalue weighted by Crippen LogP contribution is -2.63. The van der Waals surface area contributed by atoms with Gasteiger partial charge >= 0.3 is 6.03 Å².